The van der Waals surface area contributed by atoms with Crippen molar-refractivity contribution in [2.45, 2.75) is 19.8 Å². The Hall–Kier alpha value is -1.46. The summed E-state index contributed by atoms with van der Waals surface area (Å²) < 4.78 is 0. The fourth-order valence-electron chi connectivity index (χ4n) is 2.32. The first-order valence-corrected chi connectivity index (χ1v) is 8.39. The van der Waals surface area contributed by atoms with Gasteiger partial charge in [-0.25, -0.2) is 0 Å². The number of aromatic nitrogens is 1. The number of carbonyl (C=O) groups is 1. The number of aryl methyl sites for hydroxylation is 1. The van der Waals surface area contributed by atoms with Crippen LogP contribution in [0.2, 0.25) is 0 Å². The Morgan fingerprint density at radius 1 is 1.33 bits per heavy atom. The summed E-state index contributed by atoms with van der Waals surface area (Å²) in [4.78, 5) is 15.3. The zero-order valence-electron chi connectivity index (χ0n) is 12.3. The van der Waals surface area contributed by atoms with Gasteiger partial charge in [-0.1, -0.05) is 18.2 Å². The van der Waals surface area contributed by atoms with Crippen LogP contribution < -0.4 is 5.32 Å². The van der Waals surface area contributed by atoms with Gasteiger partial charge in [0.1, 0.15) is 0 Å². The standard InChI is InChI=1S/C16H22N2O2S/c1-12-14(13-5-2-3-6-15(13)18-12)11-16(20)17-7-10-21-9-4-8-19/h2-3,5-6,18-19H,4,7-11H2,1H3,(H,17,20). The van der Waals surface area contributed by atoms with Gasteiger partial charge in [-0.2, -0.15) is 11.8 Å². The van der Waals surface area contributed by atoms with Crippen molar-refractivity contribution in [3.63, 3.8) is 0 Å². The number of benzene rings is 1. The molecule has 0 aliphatic rings. The van der Waals surface area contributed by atoms with Gasteiger partial charge in [-0.3, -0.25) is 4.79 Å². The Labute approximate surface area is 129 Å². The third-order valence-electron chi connectivity index (χ3n) is 3.38. The summed E-state index contributed by atoms with van der Waals surface area (Å²) in [6, 6.07) is 8.06. The van der Waals surface area contributed by atoms with Crippen molar-refractivity contribution < 1.29 is 9.90 Å². The Morgan fingerprint density at radius 2 is 2.14 bits per heavy atom. The first-order chi connectivity index (χ1) is 10.2. The van der Waals surface area contributed by atoms with E-state index in [9.17, 15) is 4.79 Å². The predicted molar refractivity (Wildman–Crippen MR) is 88.8 cm³/mol. The van der Waals surface area contributed by atoms with Gasteiger partial charge >= 0.3 is 0 Å². The maximum Gasteiger partial charge on any atom is 0.224 e. The number of rotatable bonds is 8. The molecule has 0 saturated heterocycles. The topological polar surface area (TPSA) is 65.1 Å². The highest BCUT2D eigenvalue weighted by molar-refractivity contribution is 7.99. The van der Waals surface area contributed by atoms with E-state index in [1.165, 1.54) is 0 Å². The molecule has 0 spiro atoms. The summed E-state index contributed by atoms with van der Waals surface area (Å²) in [7, 11) is 0. The molecule has 114 valence electrons. The third-order valence-corrected chi connectivity index (χ3v) is 4.45. The second-order valence-electron chi connectivity index (χ2n) is 4.99. The van der Waals surface area contributed by atoms with E-state index < -0.39 is 0 Å². The SMILES string of the molecule is Cc1[nH]c2ccccc2c1CC(=O)NCCSCCCO. The Balaban J connectivity index is 1.83. The van der Waals surface area contributed by atoms with Crippen molar-refractivity contribution >= 4 is 28.6 Å². The van der Waals surface area contributed by atoms with E-state index in [0.717, 1.165) is 40.1 Å². The van der Waals surface area contributed by atoms with Gasteiger partial charge in [-0.15, -0.1) is 0 Å². The van der Waals surface area contributed by atoms with E-state index in [2.05, 4.69) is 10.3 Å². The van der Waals surface area contributed by atoms with Gasteiger partial charge < -0.3 is 15.4 Å². The molecule has 1 amide bonds. The van der Waals surface area contributed by atoms with E-state index in [1.807, 2.05) is 31.2 Å². The van der Waals surface area contributed by atoms with Crippen molar-refractivity contribution in [2.24, 2.45) is 0 Å². The van der Waals surface area contributed by atoms with Crippen LogP contribution in [0.15, 0.2) is 24.3 Å². The van der Waals surface area contributed by atoms with Crippen LogP contribution in [0.25, 0.3) is 10.9 Å². The van der Waals surface area contributed by atoms with Gasteiger partial charge in [0.15, 0.2) is 0 Å². The molecule has 0 saturated carbocycles. The first kappa shape index (κ1) is 15.9. The monoisotopic (exact) mass is 306 g/mol. The van der Waals surface area contributed by atoms with Crippen LogP contribution >= 0.6 is 11.8 Å². The van der Waals surface area contributed by atoms with Crippen molar-refractivity contribution in [3.8, 4) is 0 Å². The van der Waals surface area contributed by atoms with Crippen LogP contribution in [0, 0.1) is 6.92 Å². The molecule has 4 nitrogen and oxygen atoms in total. The molecule has 0 unspecified atom stereocenters. The number of para-hydroxylation sites is 1. The van der Waals surface area contributed by atoms with Crippen molar-refractivity contribution in [3.05, 3.63) is 35.5 Å². The first-order valence-electron chi connectivity index (χ1n) is 7.24. The molecule has 2 aromatic rings. The highest BCUT2D eigenvalue weighted by atomic mass is 32.2. The van der Waals surface area contributed by atoms with Crippen LogP contribution in [-0.4, -0.2) is 40.7 Å². The number of nitrogens with one attached hydrogen (secondary N) is 2. The lowest BCUT2D eigenvalue weighted by atomic mass is 10.1. The number of aliphatic hydroxyl groups is 1. The maximum atomic E-state index is 12.0. The van der Waals surface area contributed by atoms with Crippen LogP contribution in [0.3, 0.4) is 0 Å². The molecule has 1 aromatic heterocycles. The van der Waals surface area contributed by atoms with Gasteiger partial charge in [-0.05, 0) is 30.7 Å². The number of thioether (sulfide) groups is 1. The van der Waals surface area contributed by atoms with Gasteiger partial charge in [0, 0.05) is 35.5 Å². The van der Waals surface area contributed by atoms with Crippen LogP contribution in [-0.2, 0) is 11.2 Å². The Morgan fingerprint density at radius 3 is 2.95 bits per heavy atom. The second-order valence-corrected chi connectivity index (χ2v) is 6.22. The van der Waals surface area contributed by atoms with Crippen molar-refractivity contribution in [1.82, 2.24) is 10.3 Å². The molecule has 0 atom stereocenters. The molecule has 1 aromatic carbocycles. The van der Waals surface area contributed by atoms with E-state index >= 15 is 0 Å². The zero-order chi connectivity index (χ0) is 15.1. The fourth-order valence-corrected chi connectivity index (χ4v) is 3.10. The number of amides is 1. The third kappa shape index (κ3) is 4.51. The van der Waals surface area contributed by atoms with Crippen LogP contribution in [0.1, 0.15) is 17.7 Å². The molecule has 5 heteroatoms. The molecule has 0 radical (unpaired) electrons. The molecule has 0 bridgehead atoms. The number of carbonyl (C=O) groups excluding carboxylic acids is 1. The lowest BCUT2D eigenvalue weighted by Crippen LogP contribution is -2.27. The molecular formula is C16H22N2O2S. The average molecular weight is 306 g/mol. The van der Waals surface area contributed by atoms with Crippen molar-refractivity contribution in [2.75, 3.05) is 24.7 Å². The summed E-state index contributed by atoms with van der Waals surface area (Å²) >= 11 is 1.75. The molecule has 1 heterocycles. The molecule has 0 fully saturated rings. The highest BCUT2D eigenvalue weighted by Gasteiger charge is 2.11. The van der Waals surface area contributed by atoms with E-state index in [4.69, 9.17) is 5.11 Å². The Bertz CT molecular complexity index is 595. The number of aromatic amines is 1. The van der Waals surface area contributed by atoms with E-state index in [0.29, 0.717) is 13.0 Å². The number of fused-ring (bicyclic) bond motifs is 1. The summed E-state index contributed by atoms with van der Waals surface area (Å²) in [5.41, 5.74) is 3.22. The summed E-state index contributed by atoms with van der Waals surface area (Å²) in [6.45, 7) is 2.92. The lowest BCUT2D eigenvalue weighted by Gasteiger charge is -2.05. The van der Waals surface area contributed by atoms with E-state index in [1.54, 1.807) is 11.8 Å². The number of hydrogen-bond donors (Lipinski definition) is 3. The second kappa shape index (κ2) is 8.10. The zero-order valence-corrected chi connectivity index (χ0v) is 13.1. The minimum absolute atomic E-state index is 0.0608. The van der Waals surface area contributed by atoms with Gasteiger partial charge in [0.05, 0.1) is 6.42 Å². The number of H-pyrrole nitrogens is 1. The maximum absolute atomic E-state index is 12.0. The average Bonchev–Trinajstić information content (AvgIpc) is 2.79. The summed E-state index contributed by atoms with van der Waals surface area (Å²) in [5.74, 6) is 1.89. The number of hydrogen-bond acceptors (Lipinski definition) is 3. The quantitative estimate of drug-likeness (QED) is 0.655. The van der Waals surface area contributed by atoms with Crippen LogP contribution in [0.4, 0.5) is 0 Å². The van der Waals surface area contributed by atoms with Crippen LogP contribution in [0.5, 0.6) is 0 Å². The number of aliphatic hydroxyl groups excluding tert-OH is 1. The molecule has 0 aliphatic carbocycles. The summed E-state index contributed by atoms with van der Waals surface area (Å²) in [5, 5.41) is 12.8. The van der Waals surface area contributed by atoms with Crippen molar-refractivity contribution in [1.29, 1.82) is 0 Å². The minimum atomic E-state index is 0.0608. The molecule has 0 aliphatic heterocycles. The largest absolute Gasteiger partial charge is 0.396 e. The summed E-state index contributed by atoms with van der Waals surface area (Å²) in [6.07, 6.45) is 1.23. The smallest absolute Gasteiger partial charge is 0.224 e. The lowest BCUT2D eigenvalue weighted by molar-refractivity contribution is -0.120. The highest BCUT2D eigenvalue weighted by Crippen LogP contribution is 2.22. The van der Waals surface area contributed by atoms with E-state index in [-0.39, 0.29) is 12.5 Å². The molecule has 2 rings (SSSR count). The minimum Gasteiger partial charge on any atom is -0.396 e. The molecule has 3 N–H and O–H groups in total. The predicted octanol–water partition coefficient (Wildman–Crippen LogP) is 2.25. The normalized spacial score (nSPS) is 11.0. The van der Waals surface area contributed by atoms with Gasteiger partial charge in [0.2, 0.25) is 5.91 Å². The Kier molecular flexibility index (Phi) is 6.14. The molecule has 21 heavy (non-hydrogen) atoms. The molecular weight excluding hydrogens is 284 g/mol. The van der Waals surface area contributed by atoms with Gasteiger partial charge in [0.25, 0.3) is 0 Å². The fraction of sp³-hybridized carbons (Fsp3) is 0.438.